The van der Waals surface area contributed by atoms with Crippen LogP contribution >= 0.6 is 11.6 Å². The van der Waals surface area contributed by atoms with Crippen LogP contribution in [-0.4, -0.2) is 10.5 Å². The molecule has 2 rings (SSSR count). The molecule has 116 valence electrons. The largest absolute Gasteiger partial charge is 0.545 e. The van der Waals surface area contributed by atoms with E-state index in [1.165, 1.54) is 18.3 Å². The number of carboxylic acid groups (broad SMARTS) is 1. The zero-order valence-corrected chi connectivity index (χ0v) is 11.6. The van der Waals surface area contributed by atoms with E-state index in [2.05, 4.69) is 0 Å². The van der Waals surface area contributed by atoms with Gasteiger partial charge in [-0.15, -0.1) is 0 Å². The number of carbonyl (C=O) groups is 1. The molecule has 2 aromatic rings. The highest BCUT2D eigenvalue weighted by atomic mass is 35.5. The lowest BCUT2D eigenvalue weighted by Crippen LogP contribution is -2.33. The summed E-state index contributed by atoms with van der Waals surface area (Å²) < 4.78 is 38.4. The lowest BCUT2D eigenvalue weighted by Gasteiger charge is -2.11. The predicted molar refractivity (Wildman–Crippen MR) is 70.6 cm³/mol. The fraction of sp³-hybridized carbons (Fsp3) is 0.143. The highest BCUT2D eigenvalue weighted by Crippen LogP contribution is 2.29. The molecule has 0 spiro atoms. The van der Waals surface area contributed by atoms with Crippen molar-refractivity contribution in [1.29, 1.82) is 0 Å². The van der Waals surface area contributed by atoms with E-state index in [-0.39, 0.29) is 11.6 Å². The van der Waals surface area contributed by atoms with Crippen molar-refractivity contribution in [2.75, 3.05) is 0 Å². The van der Waals surface area contributed by atoms with E-state index < -0.39 is 28.8 Å². The van der Waals surface area contributed by atoms with Gasteiger partial charge in [-0.05, 0) is 23.8 Å². The fourth-order valence-electron chi connectivity index (χ4n) is 1.86. The maximum absolute atomic E-state index is 12.5. The van der Waals surface area contributed by atoms with Gasteiger partial charge in [-0.3, -0.25) is 4.79 Å². The van der Waals surface area contributed by atoms with Crippen LogP contribution in [-0.2, 0) is 12.7 Å². The van der Waals surface area contributed by atoms with Crippen molar-refractivity contribution in [3.05, 3.63) is 68.6 Å². The average molecular weight is 331 g/mol. The summed E-state index contributed by atoms with van der Waals surface area (Å²) in [6.45, 7) is -0.113. The van der Waals surface area contributed by atoms with Crippen LogP contribution in [0.2, 0.25) is 5.02 Å². The first-order valence-corrected chi connectivity index (χ1v) is 6.34. The van der Waals surface area contributed by atoms with Crippen LogP contribution in [0.5, 0.6) is 0 Å². The number of halogens is 4. The molecule has 0 atom stereocenters. The molecule has 22 heavy (non-hydrogen) atoms. The van der Waals surface area contributed by atoms with Gasteiger partial charge in [0.25, 0.3) is 5.56 Å². The lowest BCUT2D eigenvalue weighted by atomic mass is 10.1. The van der Waals surface area contributed by atoms with Gasteiger partial charge in [0.2, 0.25) is 0 Å². The van der Waals surface area contributed by atoms with Gasteiger partial charge >= 0.3 is 6.18 Å². The van der Waals surface area contributed by atoms with E-state index in [9.17, 15) is 27.9 Å². The summed E-state index contributed by atoms with van der Waals surface area (Å²) in [7, 11) is 0. The normalized spacial score (nSPS) is 11.5. The molecule has 0 aliphatic carbocycles. The maximum atomic E-state index is 12.5. The van der Waals surface area contributed by atoms with Gasteiger partial charge in [-0.25, -0.2) is 0 Å². The van der Waals surface area contributed by atoms with Gasteiger partial charge in [-0.1, -0.05) is 23.7 Å². The minimum absolute atomic E-state index is 0.00529. The molecule has 0 radical (unpaired) electrons. The average Bonchev–Trinajstić information content (AvgIpc) is 2.41. The number of hydrogen-bond acceptors (Lipinski definition) is 3. The molecule has 1 aromatic carbocycles. The van der Waals surface area contributed by atoms with Gasteiger partial charge in [0, 0.05) is 6.20 Å². The quantitative estimate of drug-likeness (QED) is 0.864. The number of carbonyl (C=O) groups excluding carboxylic acids is 1. The minimum atomic E-state index is -4.45. The summed E-state index contributed by atoms with van der Waals surface area (Å²) in [5.41, 5.74) is -1.88. The van der Waals surface area contributed by atoms with Crippen LogP contribution in [0.3, 0.4) is 0 Å². The number of rotatable bonds is 3. The summed E-state index contributed by atoms with van der Waals surface area (Å²) >= 11 is 5.72. The molecule has 0 N–H and O–H groups in total. The van der Waals surface area contributed by atoms with Crippen LogP contribution in [0.15, 0.2) is 41.3 Å². The first-order valence-electron chi connectivity index (χ1n) is 5.96. The van der Waals surface area contributed by atoms with E-state index in [1.54, 1.807) is 0 Å². The number of aromatic nitrogens is 1. The fourth-order valence-corrected chi connectivity index (χ4v) is 2.09. The molecule has 0 bridgehead atoms. The third-order valence-electron chi connectivity index (χ3n) is 2.91. The summed E-state index contributed by atoms with van der Waals surface area (Å²) in [5.74, 6) is -1.67. The molecule has 0 aliphatic heterocycles. The van der Waals surface area contributed by atoms with Crippen LogP contribution < -0.4 is 10.7 Å². The second-order valence-electron chi connectivity index (χ2n) is 4.49. The molecule has 0 saturated carbocycles. The highest BCUT2D eigenvalue weighted by molar-refractivity contribution is 6.30. The Bertz CT molecular complexity index is 766. The van der Waals surface area contributed by atoms with E-state index in [0.717, 1.165) is 22.8 Å². The molecule has 8 heteroatoms. The van der Waals surface area contributed by atoms with Crippen LogP contribution in [0.4, 0.5) is 13.2 Å². The Morgan fingerprint density at radius 3 is 2.32 bits per heavy atom. The molecular weight excluding hydrogens is 323 g/mol. The summed E-state index contributed by atoms with van der Waals surface area (Å²) in [6.07, 6.45) is -3.25. The first-order chi connectivity index (χ1) is 10.2. The molecule has 0 unspecified atom stereocenters. The lowest BCUT2D eigenvalue weighted by molar-refractivity contribution is -0.255. The van der Waals surface area contributed by atoms with Crippen molar-refractivity contribution in [2.45, 2.75) is 12.7 Å². The van der Waals surface area contributed by atoms with Crippen molar-refractivity contribution in [1.82, 2.24) is 4.57 Å². The zero-order valence-electron chi connectivity index (χ0n) is 10.9. The van der Waals surface area contributed by atoms with Crippen molar-refractivity contribution in [3.63, 3.8) is 0 Å². The van der Waals surface area contributed by atoms with Crippen molar-refractivity contribution < 1.29 is 23.1 Å². The van der Waals surface area contributed by atoms with E-state index in [4.69, 9.17) is 11.6 Å². The topological polar surface area (TPSA) is 62.1 Å². The Kier molecular flexibility index (Phi) is 4.27. The zero-order chi connectivity index (χ0) is 16.5. The summed E-state index contributed by atoms with van der Waals surface area (Å²) in [4.78, 5) is 22.7. The third kappa shape index (κ3) is 3.48. The maximum Gasteiger partial charge on any atom is 0.416 e. The van der Waals surface area contributed by atoms with E-state index in [1.807, 2.05) is 0 Å². The SMILES string of the molecule is O=C([O-])c1cc(Cl)cn(Cc2ccc(C(F)(F)F)cc2)c1=O. The number of carboxylic acids is 1. The Morgan fingerprint density at radius 1 is 1.23 bits per heavy atom. The summed E-state index contributed by atoms with van der Waals surface area (Å²) in [6, 6.07) is 5.13. The Labute approximate surface area is 127 Å². The van der Waals surface area contributed by atoms with Crippen LogP contribution in [0.1, 0.15) is 21.5 Å². The molecule has 4 nitrogen and oxygen atoms in total. The first kappa shape index (κ1) is 16.1. The third-order valence-corrected chi connectivity index (χ3v) is 3.11. The van der Waals surface area contributed by atoms with E-state index in [0.29, 0.717) is 5.56 Å². The van der Waals surface area contributed by atoms with Crippen molar-refractivity contribution in [3.8, 4) is 0 Å². The van der Waals surface area contributed by atoms with Crippen molar-refractivity contribution in [2.24, 2.45) is 0 Å². The molecular formula is C14H8ClF3NO3-. The number of pyridine rings is 1. The number of benzene rings is 1. The second-order valence-corrected chi connectivity index (χ2v) is 4.92. The molecule has 1 aromatic heterocycles. The smallest absolute Gasteiger partial charge is 0.416 e. The standard InChI is InChI=1S/C14H9ClF3NO3/c15-10-5-11(13(21)22)12(20)19(7-10)6-8-1-3-9(4-2-8)14(16,17)18/h1-5,7H,6H2,(H,21,22)/p-1. The van der Waals surface area contributed by atoms with Crippen LogP contribution in [0.25, 0.3) is 0 Å². The van der Waals surface area contributed by atoms with E-state index >= 15 is 0 Å². The Morgan fingerprint density at radius 2 is 1.82 bits per heavy atom. The Balaban J connectivity index is 2.35. The number of aromatic carboxylic acids is 1. The molecule has 0 aliphatic rings. The summed E-state index contributed by atoms with van der Waals surface area (Å²) in [5, 5.41) is 10.8. The minimum Gasteiger partial charge on any atom is -0.545 e. The number of alkyl halides is 3. The second kappa shape index (κ2) is 5.84. The van der Waals surface area contributed by atoms with Crippen LogP contribution in [0, 0.1) is 0 Å². The van der Waals surface area contributed by atoms with Gasteiger partial charge in [0.1, 0.15) is 0 Å². The van der Waals surface area contributed by atoms with Gasteiger partial charge in [0.15, 0.2) is 0 Å². The number of nitrogens with zero attached hydrogens (tertiary/aromatic N) is 1. The molecule has 0 saturated heterocycles. The van der Waals surface area contributed by atoms with Crippen molar-refractivity contribution >= 4 is 17.6 Å². The Hall–Kier alpha value is -2.28. The molecule has 0 amide bonds. The van der Waals surface area contributed by atoms with Gasteiger partial charge < -0.3 is 14.5 Å². The van der Waals surface area contributed by atoms with Gasteiger partial charge in [-0.2, -0.15) is 13.2 Å². The molecule has 1 heterocycles. The monoisotopic (exact) mass is 330 g/mol. The number of hydrogen-bond donors (Lipinski definition) is 0. The van der Waals surface area contributed by atoms with Gasteiger partial charge in [0.05, 0.1) is 28.7 Å². The highest BCUT2D eigenvalue weighted by Gasteiger charge is 2.29. The molecule has 0 fully saturated rings. The predicted octanol–water partition coefficient (Wildman–Crippen LogP) is 1.93.